The lowest BCUT2D eigenvalue weighted by atomic mass is 10.2. The SMILES string of the molecule is CCCOc1c[nH]c(Cn2c(CCOC)nc3sc(-c4ccccc4)cc3c2=O)cc1=O. The molecule has 4 aromatic rings. The first kappa shape index (κ1) is 22.0. The molecular weight excluding hydrogens is 426 g/mol. The van der Waals surface area contributed by atoms with Crippen LogP contribution in [0, 0.1) is 0 Å². The molecule has 1 aromatic carbocycles. The van der Waals surface area contributed by atoms with Gasteiger partial charge in [0.25, 0.3) is 5.56 Å². The number of ether oxygens (including phenoxy) is 2. The highest BCUT2D eigenvalue weighted by Crippen LogP contribution is 2.31. The first-order valence-corrected chi connectivity index (χ1v) is 11.3. The molecule has 3 aromatic heterocycles. The standard InChI is InChI=1S/C24H25N3O4S/c1-3-10-31-20-14-25-17(12-19(20)28)15-27-22(9-11-30-2)26-23-18(24(27)29)13-21(32-23)16-7-5-4-6-8-16/h4-8,12-14H,3,9-11,15H2,1-2H3,(H,25,28). The van der Waals surface area contributed by atoms with E-state index in [4.69, 9.17) is 14.5 Å². The molecule has 0 radical (unpaired) electrons. The quantitative estimate of drug-likeness (QED) is 0.418. The Morgan fingerprint density at radius 2 is 1.94 bits per heavy atom. The van der Waals surface area contributed by atoms with Crippen molar-refractivity contribution in [2.75, 3.05) is 20.3 Å². The van der Waals surface area contributed by atoms with E-state index in [2.05, 4.69) is 4.98 Å². The van der Waals surface area contributed by atoms with Gasteiger partial charge in [0.2, 0.25) is 5.43 Å². The summed E-state index contributed by atoms with van der Waals surface area (Å²) in [4.78, 5) is 35.4. The summed E-state index contributed by atoms with van der Waals surface area (Å²) in [5.41, 5.74) is 1.31. The second-order valence-corrected chi connectivity index (χ2v) is 8.42. The minimum atomic E-state index is -0.213. The molecule has 8 heteroatoms. The second kappa shape index (κ2) is 9.93. The molecule has 1 N–H and O–H groups in total. The molecule has 0 aliphatic heterocycles. The van der Waals surface area contributed by atoms with Crippen LogP contribution in [0.25, 0.3) is 20.7 Å². The van der Waals surface area contributed by atoms with Gasteiger partial charge in [-0.1, -0.05) is 37.3 Å². The predicted molar refractivity (Wildman–Crippen MR) is 127 cm³/mol. The summed E-state index contributed by atoms with van der Waals surface area (Å²) in [6, 6.07) is 13.3. The van der Waals surface area contributed by atoms with Crippen molar-refractivity contribution in [1.29, 1.82) is 0 Å². The van der Waals surface area contributed by atoms with E-state index in [1.807, 2.05) is 43.3 Å². The molecule has 0 bridgehead atoms. The first-order valence-electron chi connectivity index (χ1n) is 10.5. The number of pyridine rings is 1. The third kappa shape index (κ3) is 4.66. The van der Waals surface area contributed by atoms with Crippen molar-refractivity contribution in [3.63, 3.8) is 0 Å². The average molecular weight is 452 g/mol. The third-order valence-corrected chi connectivity index (χ3v) is 6.12. The fourth-order valence-electron chi connectivity index (χ4n) is 3.44. The fourth-order valence-corrected chi connectivity index (χ4v) is 4.48. The number of benzene rings is 1. The van der Waals surface area contributed by atoms with Crippen LogP contribution in [0.3, 0.4) is 0 Å². The van der Waals surface area contributed by atoms with E-state index in [-0.39, 0.29) is 23.3 Å². The first-order chi connectivity index (χ1) is 15.6. The van der Waals surface area contributed by atoms with Crippen molar-refractivity contribution in [2.45, 2.75) is 26.3 Å². The van der Waals surface area contributed by atoms with Crippen LogP contribution in [0.2, 0.25) is 0 Å². The topological polar surface area (TPSA) is 86.2 Å². The van der Waals surface area contributed by atoms with Crippen LogP contribution >= 0.6 is 11.3 Å². The summed E-state index contributed by atoms with van der Waals surface area (Å²) in [5, 5.41) is 0.570. The summed E-state index contributed by atoms with van der Waals surface area (Å²) in [6.45, 7) is 3.11. The van der Waals surface area contributed by atoms with Crippen LogP contribution in [0.1, 0.15) is 24.9 Å². The summed E-state index contributed by atoms with van der Waals surface area (Å²) < 4.78 is 12.3. The van der Waals surface area contributed by atoms with Crippen LogP contribution in [0.15, 0.2) is 58.3 Å². The smallest absolute Gasteiger partial charge is 0.262 e. The van der Waals surface area contributed by atoms with Crippen molar-refractivity contribution in [3.05, 3.63) is 80.8 Å². The summed E-state index contributed by atoms with van der Waals surface area (Å²) >= 11 is 1.50. The number of fused-ring (bicyclic) bond motifs is 1. The van der Waals surface area contributed by atoms with Gasteiger partial charge in [-0.25, -0.2) is 4.98 Å². The number of hydrogen-bond acceptors (Lipinski definition) is 6. The highest BCUT2D eigenvalue weighted by molar-refractivity contribution is 7.21. The van der Waals surface area contributed by atoms with Gasteiger partial charge in [-0.2, -0.15) is 0 Å². The number of H-pyrrole nitrogens is 1. The Hall–Kier alpha value is -3.23. The molecule has 0 amide bonds. The van der Waals surface area contributed by atoms with Gasteiger partial charge in [-0.3, -0.25) is 14.2 Å². The molecule has 0 spiro atoms. The lowest BCUT2D eigenvalue weighted by molar-refractivity contribution is 0.199. The summed E-state index contributed by atoms with van der Waals surface area (Å²) in [6.07, 6.45) is 2.86. The molecular formula is C24H25N3O4S. The maximum Gasteiger partial charge on any atom is 0.262 e. The van der Waals surface area contributed by atoms with E-state index in [0.717, 1.165) is 16.9 Å². The Balaban J connectivity index is 1.75. The number of nitrogens with one attached hydrogen (secondary N) is 1. The van der Waals surface area contributed by atoms with Crippen LogP contribution in [-0.2, 0) is 17.7 Å². The largest absolute Gasteiger partial charge is 0.488 e. The molecule has 7 nitrogen and oxygen atoms in total. The van der Waals surface area contributed by atoms with Crippen molar-refractivity contribution < 1.29 is 9.47 Å². The zero-order valence-electron chi connectivity index (χ0n) is 18.1. The van der Waals surface area contributed by atoms with Crippen LogP contribution in [-0.4, -0.2) is 34.9 Å². The average Bonchev–Trinajstić information content (AvgIpc) is 3.24. The number of aromatic amines is 1. The van der Waals surface area contributed by atoms with E-state index < -0.39 is 0 Å². The van der Waals surface area contributed by atoms with Gasteiger partial charge in [0, 0.05) is 36.4 Å². The van der Waals surface area contributed by atoms with Crippen molar-refractivity contribution in [1.82, 2.24) is 14.5 Å². The lowest BCUT2D eigenvalue weighted by Crippen LogP contribution is -2.27. The summed E-state index contributed by atoms with van der Waals surface area (Å²) in [5.74, 6) is 0.902. The molecule has 0 saturated carbocycles. The van der Waals surface area contributed by atoms with E-state index >= 15 is 0 Å². The minimum Gasteiger partial charge on any atom is -0.488 e. The van der Waals surface area contributed by atoms with Crippen molar-refractivity contribution >= 4 is 21.6 Å². The predicted octanol–water partition coefficient (Wildman–Crippen LogP) is 3.84. The second-order valence-electron chi connectivity index (χ2n) is 7.39. The number of nitrogens with zero attached hydrogens (tertiary/aromatic N) is 2. The molecule has 0 fully saturated rings. The molecule has 3 heterocycles. The highest BCUT2D eigenvalue weighted by Gasteiger charge is 2.16. The van der Waals surface area contributed by atoms with E-state index in [1.54, 1.807) is 17.9 Å². The number of methoxy groups -OCH3 is 1. The Bertz CT molecular complexity index is 1320. The fraction of sp³-hybridized carbons (Fsp3) is 0.292. The van der Waals surface area contributed by atoms with Crippen molar-refractivity contribution in [3.8, 4) is 16.2 Å². The van der Waals surface area contributed by atoms with Crippen LogP contribution in [0.4, 0.5) is 0 Å². The van der Waals surface area contributed by atoms with Gasteiger partial charge in [0.1, 0.15) is 10.7 Å². The Morgan fingerprint density at radius 3 is 2.66 bits per heavy atom. The third-order valence-electron chi connectivity index (χ3n) is 5.05. The maximum absolute atomic E-state index is 13.4. The molecule has 0 aliphatic rings. The van der Waals surface area contributed by atoms with Gasteiger partial charge in [0.15, 0.2) is 5.75 Å². The Kier molecular flexibility index (Phi) is 6.82. The summed E-state index contributed by atoms with van der Waals surface area (Å²) in [7, 11) is 1.62. The zero-order chi connectivity index (χ0) is 22.5. The molecule has 0 saturated heterocycles. The molecule has 4 rings (SSSR count). The van der Waals surface area contributed by atoms with Crippen LogP contribution in [0.5, 0.6) is 5.75 Å². The Morgan fingerprint density at radius 1 is 1.12 bits per heavy atom. The molecule has 0 unspecified atom stereocenters. The van der Waals surface area contributed by atoms with Gasteiger partial charge in [0.05, 0.1) is 25.1 Å². The van der Waals surface area contributed by atoms with Crippen LogP contribution < -0.4 is 15.7 Å². The van der Waals surface area contributed by atoms with Crippen molar-refractivity contribution in [2.24, 2.45) is 0 Å². The molecule has 32 heavy (non-hydrogen) atoms. The normalized spacial score (nSPS) is 11.2. The monoisotopic (exact) mass is 451 g/mol. The Labute approximate surface area is 189 Å². The number of hydrogen-bond donors (Lipinski definition) is 1. The molecule has 166 valence electrons. The zero-order valence-corrected chi connectivity index (χ0v) is 18.9. The van der Waals surface area contributed by atoms with E-state index in [9.17, 15) is 9.59 Å². The number of aromatic nitrogens is 3. The number of rotatable bonds is 9. The van der Waals surface area contributed by atoms with Gasteiger partial charge >= 0.3 is 0 Å². The van der Waals surface area contributed by atoms with Gasteiger partial charge < -0.3 is 14.5 Å². The van der Waals surface area contributed by atoms with Gasteiger partial charge in [-0.05, 0) is 18.1 Å². The highest BCUT2D eigenvalue weighted by atomic mass is 32.1. The lowest BCUT2D eigenvalue weighted by Gasteiger charge is -2.13. The maximum atomic E-state index is 13.4. The molecule has 0 atom stereocenters. The van der Waals surface area contributed by atoms with E-state index in [1.165, 1.54) is 17.4 Å². The van der Waals surface area contributed by atoms with Gasteiger partial charge in [-0.15, -0.1) is 11.3 Å². The van der Waals surface area contributed by atoms with E-state index in [0.29, 0.717) is 41.4 Å². The minimum absolute atomic E-state index is 0.133. The molecule has 0 aliphatic carbocycles. The number of thiophene rings is 1.